The minimum absolute atomic E-state index is 0.263. The number of aryl methyl sites for hydroxylation is 1. The highest BCUT2D eigenvalue weighted by Gasteiger charge is 2.27. The number of halogens is 1. The smallest absolute Gasteiger partial charge is 0.160 e. The quantitative estimate of drug-likeness (QED) is 0.913. The van der Waals surface area contributed by atoms with Gasteiger partial charge in [0.1, 0.15) is 17.2 Å². The molecule has 24 heavy (non-hydrogen) atoms. The van der Waals surface area contributed by atoms with Crippen molar-refractivity contribution in [1.82, 2.24) is 24.8 Å². The summed E-state index contributed by atoms with van der Waals surface area (Å²) in [5.41, 5.74) is 1.45. The van der Waals surface area contributed by atoms with Crippen LogP contribution in [0.15, 0.2) is 12.3 Å². The van der Waals surface area contributed by atoms with Gasteiger partial charge in [-0.2, -0.15) is 0 Å². The zero-order valence-electron chi connectivity index (χ0n) is 14.9. The van der Waals surface area contributed by atoms with E-state index in [1.54, 1.807) is 0 Å². The van der Waals surface area contributed by atoms with E-state index in [1.807, 2.05) is 0 Å². The van der Waals surface area contributed by atoms with Gasteiger partial charge >= 0.3 is 0 Å². The first-order valence-corrected chi connectivity index (χ1v) is 9.13. The van der Waals surface area contributed by atoms with Crippen LogP contribution >= 0.6 is 0 Å². The first kappa shape index (κ1) is 17.3. The highest BCUT2D eigenvalue weighted by atomic mass is 19.1. The Balaban J connectivity index is 1.99. The van der Waals surface area contributed by atoms with Crippen LogP contribution in [0.25, 0.3) is 11.2 Å². The maximum Gasteiger partial charge on any atom is 0.160 e. The number of aromatic nitrogens is 3. The Morgan fingerprint density at radius 2 is 2.21 bits per heavy atom. The van der Waals surface area contributed by atoms with Gasteiger partial charge in [-0.05, 0) is 26.7 Å². The highest BCUT2D eigenvalue weighted by molar-refractivity contribution is 5.71. The molecule has 0 spiro atoms. The Labute approximate surface area is 143 Å². The second-order valence-electron chi connectivity index (χ2n) is 6.69. The van der Waals surface area contributed by atoms with Gasteiger partial charge in [-0.1, -0.05) is 13.3 Å². The third-order valence-electron chi connectivity index (χ3n) is 4.94. The molecule has 3 rings (SSSR count). The van der Waals surface area contributed by atoms with E-state index in [-0.39, 0.29) is 11.9 Å². The second kappa shape index (κ2) is 7.57. The van der Waals surface area contributed by atoms with E-state index in [1.165, 1.54) is 12.3 Å². The van der Waals surface area contributed by atoms with E-state index < -0.39 is 0 Å². The third-order valence-corrected chi connectivity index (χ3v) is 4.94. The maximum absolute atomic E-state index is 13.6. The lowest BCUT2D eigenvalue weighted by Crippen LogP contribution is -2.34. The zero-order chi connectivity index (χ0) is 17.1. The summed E-state index contributed by atoms with van der Waals surface area (Å²) in [6.07, 6.45) is 4.57. The van der Waals surface area contributed by atoms with Crippen molar-refractivity contribution in [2.24, 2.45) is 0 Å². The minimum atomic E-state index is -0.324. The van der Waals surface area contributed by atoms with Gasteiger partial charge in [0.15, 0.2) is 5.65 Å². The largest absolute Gasteiger partial charge is 0.313 e. The SMILES string of the molecule is CCCC(c1nc2cc(F)cnc2n1CC)N1CCN[C@@H](C)CC1. The van der Waals surface area contributed by atoms with Crippen molar-refractivity contribution in [2.45, 2.75) is 58.7 Å². The molecule has 1 fully saturated rings. The summed E-state index contributed by atoms with van der Waals surface area (Å²) in [5.74, 6) is 0.705. The molecule has 1 aliphatic rings. The molecule has 6 heteroatoms. The number of pyridine rings is 1. The number of nitrogens with one attached hydrogen (secondary N) is 1. The first-order chi connectivity index (χ1) is 11.6. The molecule has 1 saturated heterocycles. The van der Waals surface area contributed by atoms with Gasteiger partial charge in [-0.25, -0.2) is 14.4 Å². The normalized spacial score (nSPS) is 21.1. The van der Waals surface area contributed by atoms with E-state index in [0.717, 1.165) is 56.9 Å². The van der Waals surface area contributed by atoms with Gasteiger partial charge < -0.3 is 9.88 Å². The van der Waals surface area contributed by atoms with E-state index in [9.17, 15) is 4.39 Å². The highest BCUT2D eigenvalue weighted by Crippen LogP contribution is 2.29. The van der Waals surface area contributed by atoms with Gasteiger partial charge in [0.25, 0.3) is 0 Å². The average molecular weight is 333 g/mol. The number of fused-ring (bicyclic) bond motifs is 1. The van der Waals surface area contributed by atoms with Gasteiger partial charge in [0.05, 0.1) is 12.2 Å². The lowest BCUT2D eigenvalue weighted by Gasteiger charge is -2.30. The van der Waals surface area contributed by atoms with Crippen LogP contribution in [0.2, 0.25) is 0 Å². The van der Waals surface area contributed by atoms with Crippen molar-refractivity contribution in [2.75, 3.05) is 19.6 Å². The fraction of sp³-hybridized carbons (Fsp3) is 0.667. The predicted molar refractivity (Wildman–Crippen MR) is 94.5 cm³/mol. The molecule has 1 N–H and O–H groups in total. The molecule has 132 valence electrons. The zero-order valence-corrected chi connectivity index (χ0v) is 14.9. The van der Waals surface area contributed by atoms with Crippen LogP contribution in [-0.2, 0) is 6.54 Å². The van der Waals surface area contributed by atoms with Gasteiger partial charge in [0, 0.05) is 38.3 Å². The van der Waals surface area contributed by atoms with Crippen molar-refractivity contribution >= 4 is 11.2 Å². The van der Waals surface area contributed by atoms with Crippen molar-refractivity contribution < 1.29 is 4.39 Å². The maximum atomic E-state index is 13.6. The molecule has 0 aliphatic carbocycles. The molecule has 0 saturated carbocycles. The molecule has 0 aromatic carbocycles. The Morgan fingerprint density at radius 1 is 1.38 bits per heavy atom. The monoisotopic (exact) mass is 333 g/mol. The standard InChI is InChI=1S/C18H28FN5/c1-4-6-16(23-9-7-13(3)20-8-10-23)18-22-15-11-14(19)12-21-17(15)24(18)5-2/h11-13,16,20H,4-10H2,1-3H3/t13-,16?/m0/s1. The van der Waals surface area contributed by atoms with Crippen LogP contribution in [0.4, 0.5) is 4.39 Å². The number of hydrogen-bond donors (Lipinski definition) is 1. The molecule has 3 heterocycles. The minimum Gasteiger partial charge on any atom is -0.313 e. The molecule has 0 radical (unpaired) electrons. The molecular formula is C18H28FN5. The lowest BCUT2D eigenvalue weighted by molar-refractivity contribution is 0.186. The Kier molecular flexibility index (Phi) is 5.46. The Morgan fingerprint density at radius 3 is 2.96 bits per heavy atom. The number of hydrogen-bond acceptors (Lipinski definition) is 4. The molecule has 5 nitrogen and oxygen atoms in total. The fourth-order valence-corrected chi connectivity index (χ4v) is 3.66. The van der Waals surface area contributed by atoms with Crippen molar-refractivity contribution in [1.29, 1.82) is 0 Å². The summed E-state index contributed by atoms with van der Waals surface area (Å²) >= 11 is 0. The van der Waals surface area contributed by atoms with E-state index in [2.05, 4.69) is 40.5 Å². The first-order valence-electron chi connectivity index (χ1n) is 9.13. The van der Waals surface area contributed by atoms with Crippen molar-refractivity contribution in [3.8, 4) is 0 Å². The fourth-order valence-electron chi connectivity index (χ4n) is 3.66. The molecular weight excluding hydrogens is 305 g/mol. The molecule has 2 aromatic heterocycles. The lowest BCUT2D eigenvalue weighted by atomic mass is 10.1. The average Bonchev–Trinajstić information content (AvgIpc) is 2.78. The second-order valence-corrected chi connectivity index (χ2v) is 6.69. The topological polar surface area (TPSA) is 46.0 Å². The third kappa shape index (κ3) is 3.44. The van der Waals surface area contributed by atoms with Gasteiger partial charge in [-0.15, -0.1) is 0 Å². The van der Waals surface area contributed by atoms with Crippen LogP contribution in [0, 0.1) is 5.82 Å². The summed E-state index contributed by atoms with van der Waals surface area (Å²) in [5, 5.41) is 3.55. The Bertz CT molecular complexity index is 683. The number of rotatable bonds is 5. The number of nitrogens with zero attached hydrogens (tertiary/aromatic N) is 4. The summed E-state index contributed by atoms with van der Waals surface area (Å²) in [7, 11) is 0. The predicted octanol–water partition coefficient (Wildman–Crippen LogP) is 3.12. The van der Waals surface area contributed by atoms with Gasteiger partial charge in [-0.3, -0.25) is 4.90 Å². The molecule has 0 bridgehead atoms. The van der Waals surface area contributed by atoms with Crippen LogP contribution < -0.4 is 5.32 Å². The molecule has 0 amide bonds. The van der Waals surface area contributed by atoms with Gasteiger partial charge in [0.2, 0.25) is 0 Å². The van der Waals surface area contributed by atoms with Crippen LogP contribution in [-0.4, -0.2) is 45.1 Å². The molecule has 1 aliphatic heterocycles. The Hall–Kier alpha value is -1.53. The van der Waals surface area contributed by atoms with Crippen LogP contribution in [0.1, 0.15) is 51.9 Å². The van der Waals surface area contributed by atoms with Crippen LogP contribution in [0.3, 0.4) is 0 Å². The summed E-state index contributed by atoms with van der Waals surface area (Å²) < 4.78 is 15.7. The number of imidazole rings is 1. The summed E-state index contributed by atoms with van der Waals surface area (Å²) in [6, 6.07) is 2.31. The summed E-state index contributed by atoms with van der Waals surface area (Å²) in [6.45, 7) is 10.4. The molecule has 2 aromatic rings. The molecule has 1 unspecified atom stereocenters. The summed E-state index contributed by atoms with van der Waals surface area (Å²) in [4.78, 5) is 11.6. The van der Waals surface area contributed by atoms with Crippen molar-refractivity contribution in [3.63, 3.8) is 0 Å². The van der Waals surface area contributed by atoms with E-state index in [0.29, 0.717) is 11.6 Å². The van der Waals surface area contributed by atoms with E-state index >= 15 is 0 Å². The molecule has 2 atom stereocenters. The van der Waals surface area contributed by atoms with Crippen LogP contribution in [0.5, 0.6) is 0 Å². The van der Waals surface area contributed by atoms with Crippen molar-refractivity contribution in [3.05, 3.63) is 23.9 Å². The van der Waals surface area contributed by atoms with E-state index in [4.69, 9.17) is 4.98 Å².